The molecule has 0 saturated heterocycles. The van der Waals surface area contributed by atoms with Crippen molar-refractivity contribution in [3.8, 4) is 11.5 Å². The summed E-state index contributed by atoms with van der Waals surface area (Å²) in [5, 5.41) is 19.8. The zero-order chi connectivity index (χ0) is 16.8. The van der Waals surface area contributed by atoms with E-state index in [0.717, 1.165) is 16.6 Å². The molecule has 0 fully saturated rings. The number of ether oxygens (including phenoxy) is 1. The molecule has 4 nitrogen and oxygen atoms in total. The third kappa shape index (κ3) is 5.20. The second-order valence-electron chi connectivity index (χ2n) is 5.59. The molecule has 0 unspecified atom stereocenters. The van der Waals surface area contributed by atoms with Gasteiger partial charge < -0.3 is 0 Å². The van der Waals surface area contributed by atoms with Crippen LogP contribution in [0.1, 0.15) is 42.1 Å². The molecular weight excluding hydrogens is 373 g/mol. The average Bonchev–Trinajstić information content (AvgIpc) is 2.44. The molecule has 0 amide bonds. The first kappa shape index (κ1) is 17.7. The molecule has 0 spiro atoms. The standard InChI is InChI=1S/C18H20O4.Nb/c1-13-7-4-2-3-5-10-22-18(21)17-14(9-6-8-13)11-15(19)12-16(17)20;/h2-3,8,11-12,19-20H,4-5,7,9-10H2,1H3;/b3-2+,13-8+;. The number of fused-ring (bicyclic) bond motifs is 1. The monoisotopic (exact) mass is 393 g/mol. The quantitative estimate of drug-likeness (QED) is 0.404. The van der Waals surface area contributed by atoms with Crippen LogP contribution in [-0.2, 0) is 31.8 Å². The number of allylic oxidation sites excluding steroid dienone is 3. The van der Waals surface area contributed by atoms with Gasteiger partial charge in [-0.3, -0.25) is 0 Å². The van der Waals surface area contributed by atoms with Gasteiger partial charge in [0.15, 0.2) is 0 Å². The van der Waals surface area contributed by atoms with Crippen molar-refractivity contribution in [2.45, 2.75) is 32.6 Å². The predicted octanol–water partition coefficient (Wildman–Crippen LogP) is 3.20. The van der Waals surface area contributed by atoms with E-state index in [1.165, 1.54) is 17.7 Å². The molecule has 1 aliphatic heterocycles. The van der Waals surface area contributed by atoms with Crippen LogP contribution in [0.2, 0.25) is 0 Å². The topological polar surface area (TPSA) is 66.8 Å². The van der Waals surface area contributed by atoms with Gasteiger partial charge in [-0.2, -0.15) is 0 Å². The number of hydrogen-bond donors (Lipinski definition) is 2. The molecule has 0 aliphatic carbocycles. The molecular formula is C18H20NbO4. The molecule has 2 rings (SSSR count). The van der Waals surface area contributed by atoms with Crippen molar-refractivity contribution >= 4 is 9.69 Å². The van der Waals surface area contributed by atoms with Crippen molar-refractivity contribution in [3.05, 3.63) is 47.1 Å². The summed E-state index contributed by atoms with van der Waals surface area (Å²) < 4.78 is 6.35. The van der Waals surface area contributed by atoms with Crippen molar-refractivity contribution in [1.82, 2.24) is 0 Å². The summed E-state index contributed by atoms with van der Waals surface area (Å²) in [4.78, 5) is 12.3. The molecule has 0 atom stereocenters. The third-order valence-corrected chi connectivity index (χ3v) is 4.27. The number of carbonyl (C=O) groups excluding carboxylic acids is 1. The second kappa shape index (κ2) is 8.29. The molecule has 1 aromatic rings. The number of phenols is 2. The van der Waals surface area contributed by atoms with Gasteiger partial charge in [-0.05, 0) is 0 Å². The van der Waals surface area contributed by atoms with Crippen LogP contribution in [-0.4, -0.2) is 26.5 Å². The minimum absolute atomic E-state index is 0.0578. The summed E-state index contributed by atoms with van der Waals surface area (Å²) >= 11 is 1.57. The number of aromatic hydroxyl groups is 2. The number of rotatable bonds is 0. The van der Waals surface area contributed by atoms with Crippen LogP contribution in [0.3, 0.4) is 0 Å². The molecule has 5 heteroatoms. The molecule has 1 aliphatic rings. The summed E-state index contributed by atoms with van der Waals surface area (Å²) in [6.07, 6.45) is 9.31. The molecule has 0 saturated carbocycles. The van der Waals surface area contributed by atoms with Gasteiger partial charge in [0.1, 0.15) is 0 Å². The second-order valence-corrected chi connectivity index (χ2v) is 7.00. The summed E-state index contributed by atoms with van der Waals surface area (Å²) in [5.41, 5.74) is 2.00. The number of benzene rings is 1. The number of esters is 1. The fourth-order valence-electron chi connectivity index (χ4n) is 2.49. The van der Waals surface area contributed by atoms with E-state index in [1.54, 1.807) is 20.6 Å². The molecule has 2 N–H and O–H groups in total. The van der Waals surface area contributed by atoms with E-state index in [1.807, 2.05) is 6.08 Å². The fourth-order valence-corrected chi connectivity index (χ4v) is 3.45. The zero-order valence-corrected chi connectivity index (χ0v) is 15.3. The molecule has 1 heterocycles. The first-order chi connectivity index (χ1) is 11.0. The Kier molecular flexibility index (Phi) is 6.39. The summed E-state index contributed by atoms with van der Waals surface area (Å²) in [7, 11) is 0. The van der Waals surface area contributed by atoms with Gasteiger partial charge in [0.05, 0.1) is 0 Å². The van der Waals surface area contributed by atoms with E-state index >= 15 is 0 Å². The Labute approximate surface area is 147 Å². The SMILES string of the molecule is C/C1=C\[C](=[Nb])Cc2cc(O)cc(O)c2C(=O)OCC/C=C/CC1. The third-order valence-electron chi connectivity index (χ3n) is 3.56. The van der Waals surface area contributed by atoms with Crippen LogP contribution >= 0.6 is 0 Å². The van der Waals surface area contributed by atoms with Gasteiger partial charge in [0, 0.05) is 0 Å². The number of carbonyl (C=O) groups is 1. The maximum atomic E-state index is 12.3. The van der Waals surface area contributed by atoms with E-state index in [9.17, 15) is 15.0 Å². The van der Waals surface area contributed by atoms with Gasteiger partial charge in [0.25, 0.3) is 0 Å². The van der Waals surface area contributed by atoms with Crippen LogP contribution in [0.4, 0.5) is 0 Å². The van der Waals surface area contributed by atoms with Crippen molar-refractivity contribution in [2.75, 3.05) is 6.61 Å². The Hall–Kier alpha value is -1.62. The van der Waals surface area contributed by atoms with Crippen LogP contribution in [0.25, 0.3) is 0 Å². The maximum absolute atomic E-state index is 12.3. The number of cyclic esters (lactones) is 1. The van der Waals surface area contributed by atoms with E-state index < -0.39 is 5.97 Å². The zero-order valence-electron chi connectivity index (χ0n) is 13.1. The number of phenolic OH excluding ortho intramolecular Hbond substituents is 2. The molecule has 0 radical (unpaired) electrons. The van der Waals surface area contributed by atoms with Crippen molar-refractivity contribution in [1.29, 1.82) is 0 Å². The Morgan fingerprint density at radius 3 is 2.70 bits per heavy atom. The van der Waals surface area contributed by atoms with Crippen molar-refractivity contribution < 1.29 is 40.3 Å². The van der Waals surface area contributed by atoms with Crippen LogP contribution in [0.15, 0.2) is 35.9 Å². The Balaban J connectivity index is 2.40. The van der Waals surface area contributed by atoms with Gasteiger partial charge in [-0.25, -0.2) is 0 Å². The van der Waals surface area contributed by atoms with E-state index in [-0.39, 0.29) is 23.7 Å². The van der Waals surface area contributed by atoms with E-state index in [0.29, 0.717) is 18.4 Å². The molecule has 23 heavy (non-hydrogen) atoms. The van der Waals surface area contributed by atoms with E-state index in [4.69, 9.17) is 4.74 Å². The molecule has 0 bridgehead atoms. The van der Waals surface area contributed by atoms with Gasteiger partial charge in [-0.1, -0.05) is 0 Å². The first-order valence-corrected chi connectivity index (χ1v) is 8.66. The predicted molar refractivity (Wildman–Crippen MR) is 85.5 cm³/mol. The van der Waals surface area contributed by atoms with Crippen molar-refractivity contribution in [3.63, 3.8) is 0 Å². The van der Waals surface area contributed by atoms with Gasteiger partial charge >= 0.3 is 148 Å². The molecule has 121 valence electrons. The Bertz CT molecular complexity index is 674. The summed E-state index contributed by atoms with van der Waals surface area (Å²) in [5.74, 6) is -0.854. The van der Waals surface area contributed by atoms with Crippen molar-refractivity contribution in [2.24, 2.45) is 0 Å². The Morgan fingerprint density at radius 1 is 1.17 bits per heavy atom. The van der Waals surface area contributed by atoms with E-state index in [2.05, 4.69) is 19.1 Å². The normalized spacial score (nSPS) is 20.6. The van der Waals surface area contributed by atoms with Crippen LogP contribution in [0, 0.1) is 0 Å². The molecule has 0 aromatic heterocycles. The number of hydrogen-bond acceptors (Lipinski definition) is 4. The summed E-state index contributed by atoms with van der Waals surface area (Å²) in [6.45, 7) is 2.36. The Morgan fingerprint density at radius 2 is 1.91 bits per heavy atom. The molecule has 1 aromatic carbocycles. The first-order valence-electron chi connectivity index (χ1n) is 7.56. The van der Waals surface area contributed by atoms with Gasteiger partial charge in [0.2, 0.25) is 0 Å². The van der Waals surface area contributed by atoms with Crippen LogP contribution in [0.5, 0.6) is 11.5 Å². The average molecular weight is 393 g/mol. The fraction of sp³-hybridized carbons (Fsp3) is 0.333. The van der Waals surface area contributed by atoms with Crippen LogP contribution < -0.4 is 0 Å². The minimum atomic E-state index is -0.553. The van der Waals surface area contributed by atoms with Gasteiger partial charge in [-0.15, -0.1) is 0 Å². The summed E-state index contributed by atoms with van der Waals surface area (Å²) in [6, 6.07) is 2.69.